The zero-order valence-corrected chi connectivity index (χ0v) is 10.9. The van der Waals surface area contributed by atoms with E-state index in [9.17, 15) is 4.79 Å². The highest BCUT2D eigenvalue weighted by molar-refractivity contribution is 5.80. The topological polar surface area (TPSA) is 67.2 Å². The summed E-state index contributed by atoms with van der Waals surface area (Å²) in [6, 6.07) is 5.97. The van der Waals surface area contributed by atoms with Crippen LogP contribution in [0.5, 0.6) is 0 Å². The van der Waals surface area contributed by atoms with Gasteiger partial charge in [-0.05, 0) is 24.1 Å². The van der Waals surface area contributed by atoms with Crippen molar-refractivity contribution in [3.05, 3.63) is 29.7 Å². The van der Waals surface area contributed by atoms with Crippen molar-refractivity contribution >= 4 is 17.0 Å². The highest BCUT2D eigenvalue weighted by Gasteiger charge is 2.24. The van der Waals surface area contributed by atoms with E-state index in [1.165, 1.54) is 0 Å². The number of hydrogen-bond donors (Lipinski definition) is 2. The van der Waals surface area contributed by atoms with E-state index < -0.39 is 0 Å². The smallest absolute Gasteiger partial charge is 0.225 e. The van der Waals surface area contributed by atoms with Crippen LogP contribution in [-0.2, 0) is 11.2 Å². The molecule has 0 unspecified atom stereocenters. The molecule has 0 bridgehead atoms. The monoisotopic (exact) mass is 259 g/mol. The second-order valence-corrected chi connectivity index (χ2v) is 4.93. The maximum atomic E-state index is 11.7. The van der Waals surface area contributed by atoms with E-state index in [0.29, 0.717) is 12.4 Å². The van der Waals surface area contributed by atoms with E-state index >= 15 is 0 Å². The molecular formula is C14H17N3O2. The number of carbonyl (C=O) groups is 1. The molecule has 1 aliphatic rings. The number of aromatic nitrogens is 1. The van der Waals surface area contributed by atoms with E-state index in [0.717, 1.165) is 36.2 Å². The predicted octanol–water partition coefficient (Wildman–Crippen LogP) is 1.01. The largest absolute Gasteiger partial charge is 0.441 e. The Kier molecular flexibility index (Phi) is 3.21. The lowest BCUT2D eigenvalue weighted by molar-refractivity contribution is -0.126. The van der Waals surface area contributed by atoms with Gasteiger partial charge in [-0.3, -0.25) is 4.79 Å². The lowest BCUT2D eigenvalue weighted by atomic mass is 10.0. The zero-order chi connectivity index (χ0) is 13.2. The molecule has 2 heterocycles. The van der Waals surface area contributed by atoms with E-state index in [1.54, 1.807) is 0 Å². The fourth-order valence-electron chi connectivity index (χ4n) is 2.19. The number of benzene rings is 1. The van der Waals surface area contributed by atoms with Crippen LogP contribution in [0.1, 0.15) is 11.5 Å². The summed E-state index contributed by atoms with van der Waals surface area (Å²) in [5, 5.41) is 6.06. The van der Waals surface area contributed by atoms with Gasteiger partial charge in [0.25, 0.3) is 0 Å². The molecule has 5 nitrogen and oxygen atoms in total. The van der Waals surface area contributed by atoms with Crippen molar-refractivity contribution in [1.29, 1.82) is 0 Å². The number of oxazole rings is 1. The molecule has 1 aromatic heterocycles. The second kappa shape index (κ2) is 5.01. The quantitative estimate of drug-likeness (QED) is 0.860. The van der Waals surface area contributed by atoms with Gasteiger partial charge in [-0.25, -0.2) is 4.98 Å². The molecule has 1 amide bonds. The number of nitrogens with zero attached hydrogens (tertiary/aromatic N) is 1. The van der Waals surface area contributed by atoms with Crippen molar-refractivity contribution in [2.45, 2.75) is 13.3 Å². The van der Waals surface area contributed by atoms with Crippen molar-refractivity contribution in [3.8, 4) is 0 Å². The van der Waals surface area contributed by atoms with Crippen molar-refractivity contribution < 1.29 is 9.21 Å². The molecule has 0 atom stereocenters. The molecule has 2 N–H and O–H groups in total. The first kappa shape index (κ1) is 12.2. The van der Waals surface area contributed by atoms with Crippen LogP contribution in [0.3, 0.4) is 0 Å². The summed E-state index contributed by atoms with van der Waals surface area (Å²) < 4.78 is 5.43. The summed E-state index contributed by atoms with van der Waals surface area (Å²) in [5.74, 6) is 0.982. The highest BCUT2D eigenvalue weighted by atomic mass is 16.3. The number of amides is 1. The number of rotatable bonds is 4. The minimum Gasteiger partial charge on any atom is -0.441 e. The molecule has 19 heavy (non-hydrogen) atoms. The molecule has 100 valence electrons. The van der Waals surface area contributed by atoms with Crippen molar-refractivity contribution in [2.24, 2.45) is 5.92 Å². The Balaban J connectivity index is 1.57. The van der Waals surface area contributed by atoms with E-state index in [1.807, 2.05) is 25.1 Å². The number of hydrogen-bond acceptors (Lipinski definition) is 4. The van der Waals surface area contributed by atoms with Crippen LogP contribution in [0.25, 0.3) is 11.1 Å². The average molecular weight is 259 g/mol. The Hall–Kier alpha value is -1.88. The lowest BCUT2D eigenvalue weighted by Crippen LogP contribution is -2.51. The molecule has 0 saturated carbocycles. The Morgan fingerprint density at radius 3 is 3.11 bits per heavy atom. The fourth-order valence-corrected chi connectivity index (χ4v) is 2.19. The van der Waals surface area contributed by atoms with Gasteiger partial charge in [0.1, 0.15) is 5.52 Å². The summed E-state index contributed by atoms with van der Waals surface area (Å²) >= 11 is 0. The lowest BCUT2D eigenvalue weighted by Gasteiger charge is -2.25. The Labute approximate surface area is 111 Å². The summed E-state index contributed by atoms with van der Waals surface area (Å²) in [5.41, 5.74) is 2.85. The molecule has 1 saturated heterocycles. The van der Waals surface area contributed by atoms with Crippen molar-refractivity contribution in [3.63, 3.8) is 0 Å². The number of fused-ring (bicyclic) bond motifs is 1. The van der Waals surface area contributed by atoms with Gasteiger partial charge in [0.15, 0.2) is 11.5 Å². The Morgan fingerprint density at radius 1 is 1.53 bits per heavy atom. The first-order valence-corrected chi connectivity index (χ1v) is 6.57. The van der Waals surface area contributed by atoms with Crippen molar-refractivity contribution in [1.82, 2.24) is 15.6 Å². The fraction of sp³-hybridized carbons (Fsp3) is 0.429. The molecular weight excluding hydrogens is 242 g/mol. The predicted molar refractivity (Wildman–Crippen MR) is 71.8 cm³/mol. The van der Waals surface area contributed by atoms with E-state index in [4.69, 9.17) is 4.42 Å². The molecule has 1 aliphatic heterocycles. The van der Waals surface area contributed by atoms with Gasteiger partial charge in [-0.1, -0.05) is 6.07 Å². The summed E-state index contributed by atoms with van der Waals surface area (Å²) in [7, 11) is 0. The molecule has 1 fully saturated rings. The van der Waals surface area contributed by atoms with Crippen LogP contribution in [-0.4, -0.2) is 30.5 Å². The number of nitrogens with one attached hydrogen (secondary N) is 2. The SMILES string of the molecule is Cc1nc2cc(CCNC(=O)C3CNC3)ccc2o1. The van der Waals surface area contributed by atoms with Crippen LogP contribution in [0, 0.1) is 12.8 Å². The summed E-state index contributed by atoms with van der Waals surface area (Å²) in [6.07, 6.45) is 0.813. The molecule has 3 rings (SSSR count). The number of carbonyl (C=O) groups excluding carboxylic acids is 1. The minimum atomic E-state index is 0.150. The molecule has 1 aromatic carbocycles. The Bertz CT molecular complexity index is 602. The van der Waals surface area contributed by atoms with Crippen LogP contribution >= 0.6 is 0 Å². The zero-order valence-electron chi connectivity index (χ0n) is 10.9. The van der Waals surface area contributed by atoms with Gasteiger partial charge in [-0.15, -0.1) is 0 Å². The third-order valence-corrected chi connectivity index (χ3v) is 3.42. The van der Waals surface area contributed by atoms with Gasteiger partial charge in [0.2, 0.25) is 5.91 Å². The van der Waals surface area contributed by atoms with Gasteiger partial charge >= 0.3 is 0 Å². The molecule has 2 aromatic rings. The highest BCUT2D eigenvalue weighted by Crippen LogP contribution is 2.16. The normalized spacial score (nSPS) is 15.4. The van der Waals surface area contributed by atoms with Gasteiger partial charge in [0.05, 0.1) is 5.92 Å². The van der Waals surface area contributed by atoms with Crippen molar-refractivity contribution in [2.75, 3.05) is 19.6 Å². The Morgan fingerprint density at radius 2 is 2.37 bits per heavy atom. The van der Waals surface area contributed by atoms with Crippen LogP contribution in [0.2, 0.25) is 0 Å². The van der Waals surface area contributed by atoms with E-state index in [-0.39, 0.29) is 11.8 Å². The maximum absolute atomic E-state index is 11.7. The maximum Gasteiger partial charge on any atom is 0.225 e. The molecule has 0 radical (unpaired) electrons. The molecule has 0 aliphatic carbocycles. The standard InChI is InChI=1S/C14H17N3O2/c1-9-17-12-6-10(2-3-13(12)19-9)4-5-16-14(18)11-7-15-8-11/h2-3,6,11,15H,4-5,7-8H2,1H3,(H,16,18). The summed E-state index contributed by atoms with van der Waals surface area (Å²) in [6.45, 7) is 4.11. The van der Waals surface area contributed by atoms with Crippen LogP contribution in [0.4, 0.5) is 0 Å². The van der Waals surface area contributed by atoms with E-state index in [2.05, 4.69) is 15.6 Å². The average Bonchev–Trinajstić information content (AvgIpc) is 2.66. The van der Waals surface area contributed by atoms with Crippen LogP contribution < -0.4 is 10.6 Å². The second-order valence-electron chi connectivity index (χ2n) is 4.93. The third kappa shape index (κ3) is 2.61. The van der Waals surface area contributed by atoms with Crippen LogP contribution in [0.15, 0.2) is 22.6 Å². The third-order valence-electron chi connectivity index (χ3n) is 3.42. The minimum absolute atomic E-state index is 0.150. The van der Waals surface area contributed by atoms with Gasteiger partial charge in [-0.2, -0.15) is 0 Å². The number of aryl methyl sites for hydroxylation is 1. The van der Waals surface area contributed by atoms with Gasteiger partial charge < -0.3 is 15.1 Å². The molecule has 0 spiro atoms. The molecule has 5 heteroatoms. The van der Waals surface area contributed by atoms with Gasteiger partial charge in [0, 0.05) is 26.6 Å². The first-order chi connectivity index (χ1) is 9.22. The first-order valence-electron chi connectivity index (χ1n) is 6.57. The summed E-state index contributed by atoms with van der Waals surface area (Å²) in [4.78, 5) is 16.0.